The Kier molecular flexibility index (Phi) is 6.34. The fourth-order valence-electron chi connectivity index (χ4n) is 3.37. The highest BCUT2D eigenvalue weighted by Gasteiger charge is 2.15. The zero-order valence-electron chi connectivity index (χ0n) is 16.3. The molecule has 0 fully saturated rings. The van der Waals surface area contributed by atoms with Crippen LogP contribution in [0.4, 0.5) is 13.6 Å². The summed E-state index contributed by atoms with van der Waals surface area (Å²) >= 11 is 9.11. The van der Waals surface area contributed by atoms with Crippen LogP contribution in [-0.4, -0.2) is 15.8 Å². The number of hydrogen-bond acceptors (Lipinski definition) is 3. The second-order valence-corrected chi connectivity index (χ2v) is 8.24. The minimum absolute atomic E-state index is 0.0289. The van der Waals surface area contributed by atoms with E-state index in [-0.39, 0.29) is 22.9 Å². The third-order valence-electron chi connectivity index (χ3n) is 4.81. The average molecular weight is 523 g/mol. The van der Waals surface area contributed by atoms with Gasteiger partial charge in [0.15, 0.2) is 0 Å². The summed E-state index contributed by atoms with van der Waals surface area (Å²) in [6, 6.07) is 14.2. The summed E-state index contributed by atoms with van der Waals surface area (Å²) in [5.41, 5.74) is 1.28. The lowest BCUT2D eigenvalue weighted by Crippen LogP contribution is -2.06. The van der Waals surface area contributed by atoms with Gasteiger partial charge in [0.2, 0.25) is 0 Å². The van der Waals surface area contributed by atoms with Gasteiger partial charge < -0.3 is 19.1 Å². The van der Waals surface area contributed by atoms with Crippen LogP contribution < -0.4 is 9.47 Å². The van der Waals surface area contributed by atoms with Gasteiger partial charge in [0.25, 0.3) is 0 Å². The monoisotopic (exact) mass is 521 g/mol. The van der Waals surface area contributed by atoms with E-state index in [1.807, 2.05) is 16.7 Å². The fourth-order valence-corrected chi connectivity index (χ4v) is 3.97. The smallest absolute Gasteiger partial charge is 0.488 e. The first-order valence-electron chi connectivity index (χ1n) is 9.35. The Labute approximate surface area is 194 Å². The van der Waals surface area contributed by atoms with Gasteiger partial charge in [-0.3, -0.25) is 0 Å². The third kappa shape index (κ3) is 4.71. The van der Waals surface area contributed by atoms with E-state index in [1.165, 1.54) is 0 Å². The zero-order valence-corrected chi connectivity index (χ0v) is 18.7. The summed E-state index contributed by atoms with van der Waals surface area (Å²) in [6.45, 7) is 0.0485. The Morgan fingerprint density at radius 3 is 2.53 bits per heavy atom. The zero-order chi connectivity index (χ0) is 22.8. The van der Waals surface area contributed by atoms with Gasteiger partial charge in [-0.25, -0.2) is 13.6 Å². The largest absolute Gasteiger partial charge is 0.511 e. The second kappa shape index (κ2) is 9.18. The molecule has 0 radical (unpaired) electrons. The van der Waals surface area contributed by atoms with Crippen LogP contribution in [0.15, 0.2) is 65.3 Å². The number of halogens is 4. The number of benzene rings is 3. The van der Waals surface area contributed by atoms with Gasteiger partial charge in [-0.1, -0.05) is 33.6 Å². The molecule has 164 valence electrons. The molecule has 3 aromatic carbocycles. The number of nitrogens with zero attached hydrogens (tertiary/aromatic N) is 1. The molecular formula is C23H15BrClF2NO4. The molecule has 0 saturated heterocycles. The summed E-state index contributed by atoms with van der Waals surface area (Å²) in [7, 11) is 0. The molecule has 0 saturated carbocycles. The maximum Gasteiger partial charge on any atom is 0.511 e. The molecule has 5 nitrogen and oxygen atoms in total. The van der Waals surface area contributed by atoms with Crippen LogP contribution in [-0.2, 0) is 13.2 Å². The molecule has 4 aromatic rings. The van der Waals surface area contributed by atoms with E-state index in [0.29, 0.717) is 17.7 Å². The Bertz CT molecular complexity index is 1300. The number of fused-ring (bicyclic) bond motifs is 1. The standard InChI is InChI=1S/C23H15BrClF2NO4/c24-14-4-5-21(31-12-17-18(26)9-15(25)10-19(17)27)13(8-14)11-28-7-6-16-20(28)2-1-3-22(16)32-23(29)30/h1-10H,11-12H2,(H,29,30). The number of carbonyl (C=O) groups is 1. The lowest BCUT2D eigenvalue weighted by Gasteiger charge is -2.14. The predicted molar refractivity (Wildman–Crippen MR) is 120 cm³/mol. The highest BCUT2D eigenvalue weighted by atomic mass is 79.9. The average Bonchev–Trinajstić information content (AvgIpc) is 3.12. The minimum atomic E-state index is -1.39. The van der Waals surface area contributed by atoms with Crippen molar-refractivity contribution in [2.75, 3.05) is 0 Å². The summed E-state index contributed by atoms with van der Waals surface area (Å²) in [4.78, 5) is 10.9. The first-order chi connectivity index (χ1) is 15.3. The van der Waals surface area contributed by atoms with Crippen LogP contribution in [0, 0.1) is 11.6 Å². The Morgan fingerprint density at radius 1 is 1.06 bits per heavy atom. The quantitative estimate of drug-likeness (QED) is 0.218. The van der Waals surface area contributed by atoms with E-state index in [9.17, 15) is 13.6 Å². The molecule has 0 unspecified atom stereocenters. The number of rotatable bonds is 6. The van der Waals surface area contributed by atoms with Crippen LogP contribution in [0.5, 0.6) is 11.5 Å². The van der Waals surface area contributed by atoms with E-state index in [0.717, 1.165) is 27.7 Å². The molecule has 9 heteroatoms. The number of aromatic nitrogens is 1. The Balaban J connectivity index is 1.63. The molecular weight excluding hydrogens is 508 g/mol. The van der Waals surface area contributed by atoms with Crippen molar-refractivity contribution in [1.82, 2.24) is 4.57 Å². The normalized spacial score (nSPS) is 11.0. The summed E-state index contributed by atoms with van der Waals surface area (Å²) in [5.74, 6) is -0.887. The molecule has 0 aliphatic carbocycles. The van der Waals surface area contributed by atoms with Gasteiger partial charge in [-0.05, 0) is 48.5 Å². The lowest BCUT2D eigenvalue weighted by atomic mass is 10.1. The van der Waals surface area contributed by atoms with Crippen molar-refractivity contribution in [1.29, 1.82) is 0 Å². The summed E-state index contributed by atoms with van der Waals surface area (Å²) in [6.07, 6.45) is 0.400. The number of hydrogen-bond donors (Lipinski definition) is 1. The molecule has 0 atom stereocenters. The highest BCUT2D eigenvalue weighted by molar-refractivity contribution is 9.10. The molecule has 4 rings (SSSR count). The van der Waals surface area contributed by atoms with Crippen molar-refractivity contribution in [3.8, 4) is 11.5 Å². The predicted octanol–water partition coefficient (Wildman–Crippen LogP) is 7.02. The van der Waals surface area contributed by atoms with Crippen LogP contribution >= 0.6 is 27.5 Å². The van der Waals surface area contributed by atoms with E-state index in [1.54, 1.807) is 36.5 Å². The van der Waals surface area contributed by atoms with E-state index in [4.69, 9.17) is 26.2 Å². The van der Waals surface area contributed by atoms with E-state index >= 15 is 0 Å². The summed E-state index contributed by atoms with van der Waals surface area (Å²) < 4.78 is 41.5. The van der Waals surface area contributed by atoms with Gasteiger partial charge in [0.1, 0.15) is 29.7 Å². The van der Waals surface area contributed by atoms with Crippen LogP contribution in [0.2, 0.25) is 5.02 Å². The van der Waals surface area contributed by atoms with Crippen LogP contribution in [0.3, 0.4) is 0 Å². The molecule has 0 amide bonds. The number of carboxylic acid groups (broad SMARTS) is 1. The van der Waals surface area contributed by atoms with Crippen molar-refractivity contribution in [2.24, 2.45) is 0 Å². The van der Waals surface area contributed by atoms with Crippen molar-refractivity contribution >= 4 is 44.6 Å². The molecule has 0 bridgehead atoms. The third-order valence-corrected chi connectivity index (χ3v) is 5.52. The molecule has 0 aliphatic rings. The Morgan fingerprint density at radius 2 is 1.81 bits per heavy atom. The van der Waals surface area contributed by atoms with Crippen molar-refractivity contribution in [3.63, 3.8) is 0 Å². The topological polar surface area (TPSA) is 60.7 Å². The number of ether oxygens (including phenoxy) is 2. The molecule has 1 N–H and O–H groups in total. The van der Waals surface area contributed by atoms with Gasteiger partial charge in [0, 0.05) is 26.6 Å². The highest BCUT2D eigenvalue weighted by Crippen LogP contribution is 2.30. The Hall–Kier alpha value is -3.10. The van der Waals surface area contributed by atoms with Crippen molar-refractivity contribution < 1.29 is 28.2 Å². The first-order valence-corrected chi connectivity index (χ1v) is 10.5. The van der Waals surface area contributed by atoms with Gasteiger partial charge >= 0.3 is 6.16 Å². The second-order valence-electron chi connectivity index (χ2n) is 6.89. The first kappa shape index (κ1) is 22.1. The maximum absolute atomic E-state index is 14.1. The molecule has 0 aliphatic heterocycles. The maximum atomic E-state index is 14.1. The molecule has 0 spiro atoms. The minimum Gasteiger partial charge on any atom is -0.488 e. The van der Waals surface area contributed by atoms with Crippen molar-refractivity contribution in [2.45, 2.75) is 13.2 Å². The van der Waals surface area contributed by atoms with E-state index in [2.05, 4.69) is 15.9 Å². The SMILES string of the molecule is O=C(O)Oc1cccc2c1ccn2Cc1cc(Br)ccc1OCc1c(F)cc(Cl)cc1F. The van der Waals surface area contributed by atoms with Crippen molar-refractivity contribution in [3.05, 3.63) is 93.1 Å². The van der Waals surface area contributed by atoms with Crippen LogP contribution in [0.25, 0.3) is 10.9 Å². The van der Waals surface area contributed by atoms with Crippen LogP contribution in [0.1, 0.15) is 11.1 Å². The van der Waals surface area contributed by atoms with Gasteiger partial charge in [-0.15, -0.1) is 0 Å². The van der Waals surface area contributed by atoms with E-state index < -0.39 is 17.8 Å². The molecule has 1 heterocycles. The lowest BCUT2D eigenvalue weighted by molar-refractivity contribution is 0.145. The summed E-state index contributed by atoms with van der Waals surface area (Å²) in [5, 5.41) is 9.54. The fraction of sp³-hybridized carbons (Fsp3) is 0.0870. The molecule has 32 heavy (non-hydrogen) atoms. The molecule has 1 aromatic heterocycles. The van der Waals surface area contributed by atoms with Gasteiger partial charge in [0.05, 0.1) is 17.6 Å². The van der Waals surface area contributed by atoms with Gasteiger partial charge in [-0.2, -0.15) is 0 Å².